The van der Waals surface area contributed by atoms with Crippen LogP contribution in [0.1, 0.15) is 34.2 Å². The summed E-state index contributed by atoms with van der Waals surface area (Å²) in [5, 5.41) is 9.54. The van der Waals surface area contributed by atoms with Gasteiger partial charge in [-0.05, 0) is 67.3 Å². The summed E-state index contributed by atoms with van der Waals surface area (Å²) in [6.45, 7) is 4.74. The molecule has 4 rings (SSSR count). The highest BCUT2D eigenvalue weighted by Crippen LogP contribution is 2.36. The van der Waals surface area contributed by atoms with E-state index < -0.39 is 5.91 Å². The molecule has 5 nitrogen and oxygen atoms in total. The molecule has 3 aromatic carbocycles. The van der Waals surface area contributed by atoms with E-state index in [1.165, 1.54) is 0 Å². The van der Waals surface area contributed by atoms with Crippen LogP contribution >= 0.6 is 0 Å². The summed E-state index contributed by atoms with van der Waals surface area (Å²) in [5.74, 6) is 1.27. The van der Waals surface area contributed by atoms with Crippen molar-refractivity contribution < 1.29 is 14.6 Å². The van der Waals surface area contributed by atoms with E-state index in [4.69, 9.17) is 10.5 Å². The third kappa shape index (κ3) is 4.77. The number of amides is 1. The zero-order valence-electron chi connectivity index (χ0n) is 18.9. The van der Waals surface area contributed by atoms with Crippen molar-refractivity contribution >= 4 is 5.91 Å². The Hall–Kier alpha value is -3.99. The molecule has 0 spiro atoms. The molecule has 0 saturated heterocycles. The van der Waals surface area contributed by atoms with Crippen molar-refractivity contribution in [3.8, 4) is 28.4 Å². The van der Waals surface area contributed by atoms with Crippen molar-refractivity contribution in [2.45, 2.75) is 33.2 Å². The zero-order chi connectivity index (χ0) is 23.4. The van der Waals surface area contributed by atoms with E-state index in [-0.39, 0.29) is 5.75 Å². The van der Waals surface area contributed by atoms with Gasteiger partial charge in [0.15, 0.2) is 0 Å². The fourth-order valence-electron chi connectivity index (χ4n) is 4.32. The predicted molar refractivity (Wildman–Crippen MR) is 131 cm³/mol. The first-order valence-electron chi connectivity index (χ1n) is 11.1. The molecule has 1 aromatic heterocycles. The standard InChI is InChI=1S/C28H28N2O3/c1-3-25-27(21-8-7-11-24(18-21)33-23-9-5-4-6-10-23)26(28(29)32)19(2)30(25)17-16-20-12-14-22(31)15-13-20/h4-15,18,31H,3,16-17H2,1-2H3,(H2,29,32). The number of ether oxygens (including phenoxy) is 1. The number of hydrogen-bond acceptors (Lipinski definition) is 3. The van der Waals surface area contributed by atoms with Crippen LogP contribution in [0.25, 0.3) is 11.1 Å². The first-order chi connectivity index (χ1) is 16.0. The van der Waals surface area contributed by atoms with Crippen LogP contribution in [-0.2, 0) is 19.4 Å². The number of aromatic nitrogens is 1. The van der Waals surface area contributed by atoms with E-state index in [0.29, 0.717) is 17.9 Å². The number of phenols is 1. The number of phenolic OH excluding ortho intramolecular Hbond substituents is 1. The van der Waals surface area contributed by atoms with E-state index in [2.05, 4.69) is 11.5 Å². The van der Waals surface area contributed by atoms with Crippen LogP contribution in [0.15, 0.2) is 78.9 Å². The maximum absolute atomic E-state index is 12.5. The van der Waals surface area contributed by atoms with Gasteiger partial charge < -0.3 is 20.1 Å². The molecule has 0 unspecified atom stereocenters. The Morgan fingerprint density at radius 1 is 0.970 bits per heavy atom. The van der Waals surface area contributed by atoms with E-state index in [1.807, 2.05) is 73.7 Å². The van der Waals surface area contributed by atoms with Crippen LogP contribution in [0.5, 0.6) is 17.2 Å². The second kappa shape index (κ2) is 9.65. The topological polar surface area (TPSA) is 77.5 Å². The number of nitrogens with zero attached hydrogens (tertiary/aromatic N) is 1. The lowest BCUT2D eigenvalue weighted by molar-refractivity contribution is 0.1000. The van der Waals surface area contributed by atoms with Gasteiger partial charge in [-0.2, -0.15) is 0 Å². The summed E-state index contributed by atoms with van der Waals surface area (Å²) in [4.78, 5) is 12.5. The lowest BCUT2D eigenvalue weighted by Gasteiger charge is -2.13. The highest BCUT2D eigenvalue weighted by molar-refractivity contribution is 6.02. The molecule has 4 aromatic rings. The second-order valence-corrected chi connectivity index (χ2v) is 8.01. The van der Waals surface area contributed by atoms with E-state index in [0.717, 1.165) is 46.7 Å². The Morgan fingerprint density at radius 3 is 2.33 bits per heavy atom. The molecule has 1 amide bonds. The molecule has 168 valence electrons. The monoisotopic (exact) mass is 440 g/mol. The molecular formula is C28H28N2O3. The molecule has 0 aliphatic rings. The Bertz CT molecular complexity index is 1260. The average Bonchev–Trinajstić information content (AvgIpc) is 3.11. The molecule has 0 fully saturated rings. The van der Waals surface area contributed by atoms with E-state index in [9.17, 15) is 9.90 Å². The molecule has 33 heavy (non-hydrogen) atoms. The number of hydrogen-bond donors (Lipinski definition) is 2. The molecule has 0 radical (unpaired) electrons. The van der Waals surface area contributed by atoms with E-state index in [1.54, 1.807) is 12.1 Å². The first kappa shape index (κ1) is 22.2. The summed E-state index contributed by atoms with van der Waals surface area (Å²) < 4.78 is 8.21. The predicted octanol–water partition coefficient (Wildman–Crippen LogP) is 5.87. The largest absolute Gasteiger partial charge is 0.508 e. The van der Waals surface area contributed by atoms with Gasteiger partial charge in [0.05, 0.1) is 5.56 Å². The maximum atomic E-state index is 12.5. The molecule has 0 saturated carbocycles. The molecule has 1 heterocycles. The van der Waals surface area contributed by atoms with Crippen LogP contribution in [0, 0.1) is 6.92 Å². The van der Waals surface area contributed by atoms with Crippen LogP contribution in [-0.4, -0.2) is 15.6 Å². The minimum absolute atomic E-state index is 0.251. The second-order valence-electron chi connectivity index (χ2n) is 8.01. The summed E-state index contributed by atoms with van der Waals surface area (Å²) in [7, 11) is 0. The molecule has 0 bridgehead atoms. The van der Waals surface area contributed by atoms with Gasteiger partial charge in [0, 0.05) is 23.5 Å². The normalized spacial score (nSPS) is 10.8. The van der Waals surface area contributed by atoms with Crippen molar-refractivity contribution in [1.29, 1.82) is 0 Å². The van der Waals surface area contributed by atoms with Crippen LogP contribution in [0.2, 0.25) is 0 Å². The quantitative estimate of drug-likeness (QED) is 0.360. The lowest BCUT2D eigenvalue weighted by atomic mass is 9.98. The van der Waals surface area contributed by atoms with Crippen molar-refractivity contribution in [2.75, 3.05) is 0 Å². The molecule has 0 aliphatic carbocycles. The fourth-order valence-corrected chi connectivity index (χ4v) is 4.32. The lowest BCUT2D eigenvalue weighted by Crippen LogP contribution is -2.14. The highest BCUT2D eigenvalue weighted by Gasteiger charge is 2.24. The van der Waals surface area contributed by atoms with Gasteiger partial charge in [-0.25, -0.2) is 0 Å². The number of primary amides is 1. The summed E-state index contributed by atoms with van der Waals surface area (Å²) >= 11 is 0. The van der Waals surface area contributed by atoms with E-state index >= 15 is 0 Å². The molecule has 0 atom stereocenters. The summed E-state index contributed by atoms with van der Waals surface area (Å²) in [5.41, 5.74) is 11.2. The Morgan fingerprint density at radius 2 is 1.67 bits per heavy atom. The SMILES string of the molecule is CCc1c(-c2cccc(Oc3ccccc3)c2)c(C(N)=O)c(C)n1CCc1ccc(O)cc1. The van der Waals surface area contributed by atoms with Crippen molar-refractivity contribution in [3.63, 3.8) is 0 Å². The number of carbonyl (C=O) groups is 1. The zero-order valence-corrected chi connectivity index (χ0v) is 18.9. The van der Waals surface area contributed by atoms with Crippen LogP contribution in [0.4, 0.5) is 0 Å². The molecule has 3 N–H and O–H groups in total. The Labute approximate surface area is 194 Å². The molecule has 0 aliphatic heterocycles. The smallest absolute Gasteiger partial charge is 0.251 e. The van der Waals surface area contributed by atoms with Crippen molar-refractivity contribution in [1.82, 2.24) is 4.57 Å². The van der Waals surface area contributed by atoms with Gasteiger partial charge >= 0.3 is 0 Å². The van der Waals surface area contributed by atoms with Crippen LogP contribution < -0.4 is 10.5 Å². The Kier molecular flexibility index (Phi) is 6.50. The van der Waals surface area contributed by atoms with Gasteiger partial charge in [-0.1, -0.05) is 49.4 Å². The summed E-state index contributed by atoms with van der Waals surface area (Å²) in [6.07, 6.45) is 1.53. The average molecular weight is 441 g/mol. The number of aryl methyl sites for hydroxylation is 1. The molecule has 5 heteroatoms. The minimum Gasteiger partial charge on any atom is -0.508 e. The number of rotatable bonds is 8. The number of carbonyl (C=O) groups excluding carboxylic acids is 1. The van der Waals surface area contributed by atoms with Crippen molar-refractivity contribution in [2.24, 2.45) is 5.73 Å². The van der Waals surface area contributed by atoms with Gasteiger partial charge in [-0.3, -0.25) is 4.79 Å². The number of nitrogens with two attached hydrogens (primary N) is 1. The highest BCUT2D eigenvalue weighted by atomic mass is 16.5. The molecular weight excluding hydrogens is 412 g/mol. The Balaban J connectivity index is 1.73. The number of para-hydroxylation sites is 1. The van der Waals surface area contributed by atoms with Gasteiger partial charge in [0.25, 0.3) is 5.91 Å². The van der Waals surface area contributed by atoms with Gasteiger partial charge in [-0.15, -0.1) is 0 Å². The third-order valence-corrected chi connectivity index (χ3v) is 5.87. The summed E-state index contributed by atoms with van der Waals surface area (Å²) in [6, 6.07) is 24.6. The fraction of sp³-hybridized carbons (Fsp3) is 0.179. The maximum Gasteiger partial charge on any atom is 0.251 e. The van der Waals surface area contributed by atoms with Gasteiger partial charge in [0.2, 0.25) is 0 Å². The van der Waals surface area contributed by atoms with Crippen molar-refractivity contribution in [3.05, 3.63) is 101 Å². The minimum atomic E-state index is -0.435. The van der Waals surface area contributed by atoms with Crippen LogP contribution in [0.3, 0.4) is 0 Å². The number of benzene rings is 3. The first-order valence-corrected chi connectivity index (χ1v) is 11.1. The third-order valence-electron chi connectivity index (χ3n) is 5.87. The van der Waals surface area contributed by atoms with Gasteiger partial charge in [0.1, 0.15) is 17.2 Å². The number of aromatic hydroxyl groups is 1.